The van der Waals surface area contributed by atoms with Crippen LogP contribution in [0.1, 0.15) is 27.7 Å². The molecule has 4 rings (SSSR count). The molecule has 1 unspecified atom stereocenters. The van der Waals surface area contributed by atoms with Gasteiger partial charge in [-0.05, 0) is 53.9 Å². The van der Waals surface area contributed by atoms with E-state index in [0.29, 0.717) is 35.0 Å². The number of ether oxygens (including phenoxy) is 4. The number of amides is 1. The van der Waals surface area contributed by atoms with Crippen molar-refractivity contribution in [1.29, 1.82) is 0 Å². The van der Waals surface area contributed by atoms with Gasteiger partial charge in [0.15, 0.2) is 34.5 Å². The van der Waals surface area contributed by atoms with E-state index >= 15 is 0 Å². The first-order valence-corrected chi connectivity index (χ1v) is 11.2. The summed E-state index contributed by atoms with van der Waals surface area (Å²) < 4.78 is 26.7. The lowest BCUT2D eigenvalue weighted by Crippen LogP contribution is -2.33. The van der Waals surface area contributed by atoms with Crippen LogP contribution < -0.4 is 18.9 Å². The molecule has 0 saturated carbocycles. The molecular weight excluding hydrogens is 466 g/mol. The molecule has 1 aliphatic rings. The van der Waals surface area contributed by atoms with E-state index in [1.165, 1.54) is 31.4 Å². The molecule has 188 valence electrons. The molecule has 2 heterocycles. The van der Waals surface area contributed by atoms with Crippen LogP contribution in [0.3, 0.4) is 0 Å². The Morgan fingerprint density at radius 2 is 1.56 bits per heavy atom. The zero-order valence-corrected chi connectivity index (χ0v) is 20.4. The number of carbonyl (C=O) groups is 2. The van der Waals surface area contributed by atoms with Gasteiger partial charge in [0.05, 0.1) is 46.3 Å². The second-order valence-corrected chi connectivity index (χ2v) is 8.02. The SMILES string of the molecule is COc1ccc(CCN2C(=O)C(O)=C(C(=O)c3ccco3)C2c2ccc(OC)c(OC)c2)cc1OC. The van der Waals surface area contributed by atoms with E-state index in [1.54, 1.807) is 44.6 Å². The fourth-order valence-corrected chi connectivity index (χ4v) is 4.31. The van der Waals surface area contributed by atoms with Crippen molar-refractivity contribution < 1.29 is 38.1 Å². The molecule has 1 N–H and O–H groups in total. The number of hydrogen-bond acceptors (Lipinski definition) is 8. The quantitative estimate of drug-likeness (QED) is 0.420. The Kier molecular flexibility index (Phi) is 7.19. The second kappa shape index (κ2) is 10.5. The Morgan fingerprint density at radius 1 is 0.917 bits per heavy atom. The third-order valence-corrected chi connectivity index (χ3v) is 6.11. The number of aliphatic hydroxyl groups excluding tert-OH is 1. The van der Waals surface area contributed by atoms with Gasteiger partial charge in [0.25, 0.3) is 5.91 Å². The van der Waals surface area contributed by atoms with E-state index < -0.39 is 23.5 Å². The average molecular weight is 494 g/mol. The summed E-state index contributed by atoms with van der Waals surface area (Å²) in [5.74, 6) is 0.277. The summed E-state index contributed by atoms with van der Waals surface area (Å²) in [4.78, 5) is 28.0. The number of ketones is 1. The number of aliphatic hydroxyl groups is 1. The van der Waals surface area contributed by atoms with Crippen molar-refractivity contribution in [3.05, 3.63) is 83.0 Å². The van der Waals surface area contributed by atoms with Crippen molar-refractivity contribution >= 4 is 11.7 Å². The number of nitrogens with zero attached hydrogens (tertiary/aromatic N) is 1. The van der Waals surface area contributed by atoms with Gasteiger partial charge in [-0.15, -0.1) is 0 Å². The highest BCUT2D eigenvalue weighted by Crippen LogP contribution is 2.42. The Labute approximate surface area is 208 Å². The summed E-state index contributed by atoms with van der Waals surface area (Å²) in [6, 6.07) is 12.8. The van der Waals surface area contributed by atoms with E-state index in [1.807, 2.05) is 12.1 Å². The average Bonchev–Trinajstić information content (AvgIpc) is 3.54. The summed E-state index contributed by atoms with van der Waals surface area (Å²) in [5.41, 5.74) is 1.40. The van der Waals surface area contributed by atoms with Gasteiger partial charge >= 0.3 is 0 Å². The van der Waals surface area contributed by atoms with Crippen LogP contribution in [0, 0.1) is 0 Å². The Balaban J connectivity index is 1.72. The van der Waals surface area contributed by atoms with Crippen molar-refractivity contribution in [2.45, 2.75) is 12.5 Å². The number of furan rings is 1. The lowest BCUT2D eigenvalue weighted by atomic mass is 9.94. The van der Waals surface area contributed by atoms with Crippen LogP contribution in [-0.4, -0.2) is 56.7 Å². The van der Waals surface area contributed by atoms with Crippen LogP contribution in [0.25, 0.3) is 0 Å². The minimum Gasteiger partial charge on any atom is -0.503 e. The Morgan fingerprint density at radius 3 is 2.17 bits per heavy atom. The maximum Gasteiger partial charge on any atom is 0.290 e. The fraction of sp³-hybridized carbons (Fsp3) is 0.259. The second-order valence-electron chi connectivity index (χ2n) is 8.02. The van der Waals surface area contributed by atoms with Crippen LogP contribution in [-0.2, 0) is 11.2 Å². The Hall–Kier alpha value is -4.40. The molecule has 0 radical (unpaired) electrons. The van der Waals surface area contributed by atoms with Crippen LogP contribution in [0.4, 0.5) is 0 Å². The number of methoxy groups -OCH3 is 4. The minimum atomic E-state index is -0.866. The van der Waals surface area contributed by atoms with Gasteiger partial charge < -0.3 is 33.4 Å². The molecule has 1 aromatic heterocycles. The van der Waals surface area contributed by atoms with Gasteiger partial charge in [0.2, 0.25) is 5.78 Å². The largest absolute Gasteiger partial charge is 0.503 e. The highest BCUT2D eigenvalue weighted by molar-refractivity contribution is 6.15. The zero-order chi connectivity index (χ0) is 25.8. The first-order valence-electron chi connectivity index (χ1n) is 11.2. The number of benzene rings is 2. The molecule has 0 aliphatic carbocycles. The molecule has 1 amide bonds. The van der Waals surface area contributed by atoms with Gasteiger partial charge in [0, 0.05) is 6.54 Å². The van der Waals surface area contributed by atoms with Crippen molar-refractivity contribution in [3.63, 3.8) is 0 Å². The summed E-state index contributed by atoms with van der Waals surface area (Å²) >= 11 is 0. The standard InChI is InChI=1S/C27H27NO8/c1-32-18-9-7-16(14-21(18)34-3)11-12-28-24(17-8-10-19(33-2)22(15-17)35-4)23(26(30)27(28)31)25(29)20-6-5-13-36-20/h5-10,13-15,24,30H,11-12H2,1-4H3. The highest BCUT2D eigenvalue weighted by Gasteiger charge is 2.44. The van der Waals surface area contributed by atoms with Gasteiger partial charge in [-0.25, -0.2) is 0 Å². The summed E-state index contributed by atoms with van der Waals surface area (Å²) in [6.45, 7) is 0.215. The molecule has 0 bridgehead atoms. The van der Waals surface area contributed by atoms with Gasteiger partial charge in [-0.3, -0.25) is 9.59 Å². The summed E-state index contributed by atoms with van der Waals surface area (Å²) in [5, 5.41) is 10.8. The topological polar surface area (TPSA) is 108 Å². The number of carbonyl (C=O) groups excluding carboxylic acids is 2. The summed E-state index contributed by atoms with van der Waals surface area (Å²) in [6.07, 6.45) is 1.80. The molecule has 1 aliphatic heterocycles. The normalized spacial score (nSPS) is 15.3. The van der Waals surface area contributed by atoms with E-state index in [9.17, 15) is 14.7 Å². The molecule has 9 nitrogen and oxygen atoms in total. The molecule has 1 atom stereocenters. The third kappa shape index (κ3) is 4.47. The smallest absolute Gasteiger partial charge is 0.290 e. The molecular formula is C27H27NO8. The fourth-order valence-electron chi connectivity index (χ4n) is 4.31. The van der Waals surface area contributed by atoms with E-state index in [2.05, 4.69) is 0 Å². The molecule has 36 heavy (non-hydrogen) atoms. The monoisotopic (exact) mass is 493 g/mol. The van der Waals surface area contributed by atoms with Crippen molar-refractivity contribution in [2.75, 3.05) is 35.0 Å². The van der Waals surface area contributed by atoms with E-state index in [-0.39, 0.29) is 17.9 Å². The molecule has 9 heteroatoms. The highest BCUT2D eigenvalue weighted by atomic mass is 16.5. The molecule has 0 fully saturated rings. The van der Waals surface area contributed by atoms with Crippen LogP contribution in [0.15, 0.2) is 70.5 Å². The maximum atomic E-state index is 13.3. The van der Waals surface area contributed by atoms with Crippen LogP contribution >= 0.6 is 0 Å². The number of rotatable bonds is 10. The molecule has 3 aromatic rings. The third-order valence-electron chi connectivity index (χ3n) is 6.11. The van der Waals surface area contributed by atoms with Crippen molar-refractivity contribution in [1.82, 2.24) is 4.90 Å². The zero-order valence-electron chi connectivity index (χ0n) is 20.4. The lowest BCUT2D eigenvalue weighted by molar-refractivity contribution is -0.129. The number of Topliss-reactive ketones (excluding diaryl/α,β-unsaturated/α-hetero) is 1. The molecule has 0 spiro atoms. The van der Waals surface area contributed by atoms with E-state index in [0.717, 1.165) is 5.56 Å². The predicted octanol–water partition coefficient (Wildman–Crippen LogP) is 4.14. The first-order chi connectivity index (χ1) is 17.4. The molecule has 0 saturated heterocycles. The minimum absolute atomic E-state index is 0.0246. The van der Waals surface area contributed by atoms with Crippen molar-refractivity contribution in [2.24, 2.45) is 0 Å². The molecule has 2 aromatic carbocycles. The maximum absolute atomic E-state index is 13.3. The van der Waals surface area contributed by atoms with Gasteiger partial charge in [-0.1, -0.05) is 12.1 Å². The lowest BCUT2D eigenvalue weighted by Gasteiger charge is -2.27. The van der Waals surface area contributed by atoms with Crippen molar-refractivity contribution in [3.8, 4) is 23.0 Å². The van der Waals surface area contributed by atoms with Crippen LogP contribution in [0.2, 0.25) is 0 Å². The van der Waals surface area contributed by atoms with Gasteiger partial charge in [-0.2, -0.15) is 0 Å². The predicted molar refractivity (Wildman–Crippen MR) is 130 cm³/mol. The number of hydrogen-bond donors (Lipinski definition) is 1. The van der Waals surface area contributed by atoms with E-state index in [4.69, 9.17) is 23.4 Å². The first kappa shape index (κ1) is 24.7. The Bertz CT molecular complexity index is 1300. The van der Waals surface area contributed by atoms with Gasteiger partial charge in [0.1, 0.15) is 0 Å². The van der Waals surface area contributed by atoms with Crippen LogP contribution in [0.5, 0.6) is 23.0 Å². The summed E-state index contributed by atoms with van der Waals surface area (Å²) in [7, 11) is 6.12.